The largest absolute Gasteiger partial charge is 0.480 e. The Labute approximate surface area is 147 Å². The van der Waals surface area contributed by atoms with Gasteiger partial charge in [-0.2, -0.15) is 0 Å². The Bertz CT molecular complexity index is 968. The fourth-order valence-corrected chi connectivity index (χ4v) is 2.80. The topological polar surface area (TPSA) is 82.2 Å². The Morgan fingerprint density at radius 3 is 2.62 bits per heavy atom. The lowest BCUT2D eigenvalue weighted by molar-refractivity contribution is -0.141. The van der Waals surface area contributed by atoms with Crippen molar-refractivity contribution in [2.75, 3.05) is 0 Å². The molecule has 0 aliphatic heterocycles. The van der Waals surface area contributed by atoms with E-state index in [0.29, 0.717) is 6.07 Å². The molecular formula is C19H16F2N2O3. The molecule has 1 aromatic heterocycles. The van der Waals surface area contributed by atoms with E-state index < -0.39 is 29.6 Å². The third kappa shape index (κ3) is 3.88. The molecule has 0 unspecified atom stereocenters. The lowest BCUT2D eigenvalue weighted by Crippen LogP contribution is -2.43. The molecule has 0 fully saturated rings. The van der Waals surface area contributed by atoms with E-state index >= 15 is 0 Å². The van der Waals surface area contributed by atoms with E-state index in [4.69, 9.17) is 0 Å². The number of carbonyl (C=O) groups is 2. The summed E-state index contributed by atoms with van der Waals surface area (Å²) in [6.07, 6.45) is 1.41. The van der Waals surface area contributed by atoms with E-state index in [2.05, 4.69) is 10.3 Å². The highest BCUT2D eigenvalue weighted by molar-refractivity contribution is 5.87. The van der Waals surface area contributed by atoms with Crippen molar-refractivity contribution in [1.82, 2.24) is 10.3 Å². The lowest BCUT2D eigenvalue weighted by Gasteiger charge is -2.14. The van der Waals surface area contributed by atoms with Gasteiger partial charge in [0.2, 0.25) is 5.91 Å². The van der Waals surface area contributed by atoms with Crippen molar-refractivity contribution in [3.05, 3.63) is 71.4 Å². The van der Waals surface area contributed by atoms with Gasteiger partial charge in [0.05, 0.1) is 6.42 Å². The normalized spacial score (nSPS) is 12.1. The van der Waals surface area contributed by atoms with Gasteiger partial charge < -0.3 is 15.4 Å². The number of hydrogen-bond acceptors (Lipinski definition) is 2. The van der Waals surface area contributed by atoms with Gasteiger partial charge in [0.1, 0.15) is 17.7 Å². The van der Waals surface area contributed by atoms with E-state index in [0.717, 1.165) is 22.5 Å². The van der Waals surface area contributed by atoms with Crippen LogP contribution in [0, 0.1) is 11.6 Å². The molecule has 3 N–H and O–H groups in total. The number of hydrogen-bond donors (Lipinski definition) is 3. The number of rotatable bonds is 6. The maximum Gasteiger partial charge on any atom is 0.326 e. The predicted molar refractivity (Wildman–Crippen MR) is 91.6 cm³/mol. The number of nitrogens with one attached hydrogen (secondary N) is 2. The van der Waals surface area contributed by atoms with Gasteiger partial charge in [0, 0.05) is 29.6 Å². The van der Waals surface area contributed by atoms with Gasteiger partial charge in [-0.05, 0) is 23.3 Å². The van der Waals surface area contributed by atoms with Crippen LogP contribution < -0.4 is 5.32 Å². The van der Waals surface area contributed by atoms with Crippen LogP contribution in [0.25, 0.3) is 10.9 Å². The summed E-state index contributed by atoms with van der Waals surface area (Å²) >= 11 is 0. The molecule has 0 bridgehead atoms. The van der Waals surface area contributed by atoms with Crippen LogP contribution in [-0.4, -0.2) is 28.0 Å². The molecule has 0 saturated carbocycles. The van der Waals surface area contributed by atoms with Crippen molar-refractivity contribution >= 4 is 22.8 Å². The average Bonchev–Trinajstić information content (AvgIpc) is 3.00. The number of carboxylic acid groups (broad SMARTS) is 1. The van der Waals surface area contributed by atoms with Crippen LogP contribution in [0.1, 0.15) is 11.1 Å². The standard InChI is InChI=1S/C19H16F2N2O3/c20-13-6-5-11(15(21)9-13)8-18(24)23-17(19(25)26)7-12-10-22-16-4-2-1-3-14(12)16/h1-6,9-10,17,22H,7-8H2,(H,23,24)(H,25,26)/t17-/m1/s1. The number of carbonyl (C=O) groups excluding carboxylic acids is 1. The first-order valence-corrected chi connectivity index (χ1v) is 7.95. The number of para-hydroxylation sites is 1. The van der Waals surface area contributed by atoms with Crippen LogP contribution in [-0.2, 0) is 22.4 Å². The minimum Gasteiger partial charge on any atom is -0.480 e. The molecule has 1 heterocycles. The first kappa shape index (κ1) is 17.6. The highest BCUT2D eigenvalue weighted by Gasteiger charge is 2.22. The first-order valence-electron chi connectivity index (χ1n) is 7.95. The van der Waals surface area contributed by atoms with Crippen LogP contribution in [0.2, 0.25) is 0 Å². The minimum atomic E-state index is -1.19. The molecule has 0 saturated heterocycles. The Balaban J connectivity index is 1.72. The third-order valence-corrected chi connectivity index (χ3v) is 4.10. The second-order valence-electron chi connectivity index (χ2n) is 5.93. The molecule has 5 nitrogen and oxygen atoms in total. The average molecular weight is 358 g/mol. The van der Waals surface area contributed by atoms with Gasteiger partial charge in [-0.3, -0.25) is 4.79 Å². The zero-order chi connectivity index (χ0) is 18.7. The summed E-state index contributed by atoms with van der Waals surface area (Å²) in [5.41, 5.74) is 1.62. The second-order valence-corrected chi connectivity index (χ2v) is 5.93. The summed E-state index contributed by atoms with van der Waals surface area (Å²) in [7, 11) is 0. The quantitative estimate of drug-likeness (QED) is 0.634. The molecule has 3 aromatic rings. The molecular weight excluding hydrogens is 342 g/mol. The first-order chi connectivity index (χ1) is 12.4. The van der Waals surface area contributed by atoms with Crippen LogP contribution in [0.4, 0.5) is 8.78 Å². The highest BCUT2D eigenvalue weighted by Crippen LogP contribution is 2.19. The van der Waals surface area contributed by atoms with Gasteiger partial charge in [-0.1, -0.05) is 24.3 Å². The lowest BCUT2D eigenvalue weighted by atomic mass is 10.0. The molecule has 0 spiro atoms. The summed E-state index contributed by atoms with van der Waals surface area (Å²) in [6.45, 7) is 0. The Morgan fingerprint density at radius 1 is 1.12 bits per heavy atom. The maximum atomic E-state index is 13.6. The minimum absolute atomic E-state index is 0.000123. The molecule has 0 aliphatic rings. The van der Waals surface area contributed by atoms with Crippen molar-refractivity contribution in [3.63, 3.8) is 0 Å². The molecule has 3 rings (SSSR count). The molecule has 26 heavy (non-hydrogen) atoms. The van der Waals surface area contributed by atoms with Crippen LogP contribution in [0.3, 0.4) is 0 Å². The van der Waals surface area contributed by atoms with Crippen LogP contribution >= 0.6 is 0 Å². The summed E-state index contributed by atoms with van der Waals surface area (Å²) in [6, 6.07) is 9.15. The van der Waals surface area contributed by atoms with Crippen molar-refractivity contribution < 1.29 is 23.5 Å². The fraction of sp³-hybridized carbons (Fsp3) is 0.158. The number of carboxylic acids is 1. The number of halogens is 2. The van der Waals surface area contributed by atoms with E-state index in [9.17, 15) is 23.5 Å². The van der Waals surface area contributed by atoms with Crippen LogP contribution in [0.15, 0.2) is 48.7 Å². The summed E-state index contributed by atoms with van der Waals surface area (Å²) in [4.78, 5) is 26.7. The number of fused-ring (bicyclic) bond motifs is 1. The van der Waals surface area contributed by atoms with E-state index in [1.165, 1.54) is 6.07 Å². The summed E-state index contributed by atoms with van der Waals surface area (Å²) < 4.78 is 26.6. The number of H-pyrrole nitrogens is 1. The number of benzene rings is 2. The molecule has 134 valence electrons. The van der Waals surface area contributed by atoms with E-state index in [1.807, 2.05) is 24.3 Å². The summed E-state index contributed by atoms with van der Waals surface area (Å²) in [5, 5.41) is 12.7. The fourth-order valence-electron chi connectivity index (χ4n) is 2.80. The van der Waals surface area contributed by atoms with Crippen molar-refractivity contribution in [3.8, 4) is 0 Å². The molecule has 0 aliphatic carbocycles. The molecule has 0 radical (unpaired) electrons. The summed E-state index contributed by atoms with van der Waals surface area (Å²) in [5.74, 6) is -3.43. The van der Waals surface area contributed by atoms with Gasteiger partial charge >= 0.3 is 5.97 Å². The van der Waals surface area contributed by atoms with Crippen LogP contribution in [0.5, 0.6) is 0 Å². The number of amides is 1. The molecule has 2 aromatic carbocycles. The number of aliphatic carboxylic acids is 1. The third-order valence-electron chi connectivity index (χ3n) is 4.10. The van der Waals surface area contributed by atoms with Crippen molar-refractivity contribution in [2.24, 2.45) is 0 Å². The van der Waals surface area contributed by atoms with Gasteiger partial charge in [0.15, 0.2) is 0 Å². The van der Waals surface area contributed by atoms with Gasteiger partial charge in [-0.25, -0.2) is 13.6 Å². The Morgan fingerprint density at radius 2 is 1.88 bits per heavy atom. The Hall–Kier alpha value is -3.22. The Kier molecular flexibility index (Phi) is 4.97. The predicted octanol–water partition coefficient (Wildman–Crippen LogP) is 2.80. The molecule has 1 amide bonds. The van der Waals surface area contributed by atoms with Crippen molar-refractivity contribution in [2.45, 2.75) is 18.9 Å². The maximum absolute atomic E-state index is 13.6. The SMILES string of the molecule is O=C(Cc1ccc(F)cc1F)N[C@H](Cc1c[nH]c2ccccc12)C(=O)O. The zero-order valence-electron chi connectivity index (χ0n) is 13.6. The molecule has 7 heteroatoms. The van der Waals surface area contributed by atoms with Gasteiger partial charge in [0.25, 0.3) is 0 Å². The monoisotopic (exact) mass is 358 g/mol. The smallest absolute Gasteiger partial charge is 0.326 e. The van der Waals surface area contributed by atoms with Crippen molar-refractivity contribution in [1.29, 1.82) is 0 Å². The second kappa shape index (κ2) is 7.35. The highest BCUT2D eigenvalue weighted by atomic mass is 19.1. The van der Waals surface area contributed by atoms with E-state index in [1.54, 1.807) is 6.20 Å². The zero-order valence-corrected chi connectivity index (χ0v) is 13.6. The molecule has 1 atom stereocenters. The van der Waals surface area contributed by atoms with E-state index in [-0.39, 0.29) is 18.4 Å². The van der Waals surface area contributed by atoms with Gasteiger partial charge in [-0.15, -0.1) is 0 Å². The number of aromatic nitrogens is 1. The number of aromatic amines is 1.